The molecule has 5 rings (SSSR count). The van der Waals surface area contributed by atoms with Crippen molar-refractivity contribution in [2.24, 2.45) is 0 Å². The molecule has 1 N–H and O–H groups in total. The predicted molar refractivity (Wildman–Crippen MR) is 126 cm³/mol. The third-order valence-corrected chi connectivity index (χ3v) is 6.05. The van der Waals surface area contributed by atoms with Gasteiger partial charge in [0.15, 0.2) is 0 Å². The monoisotopic (exact) mass is 443 g/mol. The van der Waals surface area contributed by atoms with Gasteiger partial charge in [-0.15, -0.1) is 11.3 Å². The van der Waals surface area contributed by atoms with E-state index in [4.69, 9.17) is 4.74 Å². The largest absolute Gasteiger partial charge is 0.497 e. The smallest absolute Gasteiger partial charge is 0.283 e. The van der Waals surface area contributed by atoms with E-state index in [1.165, 1.54) is 16.0 Å². The van der Waals surface area contributed by atoms with Crippen molar-refractivity contribution in [3.05, 3.63) is 87.8 Å². The Balaban J connectivity index is 1.57. The minimum absolute atomic E-state index is 0.157. The molecule has 0 unspecified atom stereocenters. The summed E-state index contributed by atoms with van der Waals surface area (Å²) in [4.78, 5) is 18.1. The molecular weight excluding hydrogens is 422 g/mol. The fraction of sp³-hybridized carbons (Fsp3) is 0.125. The van der Waals surface area contributed by atoms with Gasteiger partial charge in [0.2, 0.25) is 5.13 Å². The van der Waals surface area contributed by atoms with Crippen LogP contribution in [0, 0.1) is 13.8 Å². The fourth-order valence-corrected chi connectivity index (χ4v) is 4.48. The summed E-state index contributed by atoms with van der Waals surface area (Å²) in [6, 6.07) is 19.4. The number of aromatic amines is 1. The highest BCUT2D eigenvalue weighted by Crippen LogP contribution is 2.27. The van der Waals surface area contributed by atoms with Crippen molar-refractivity contribution in [2.75, 3.05) is 7.11 Å². The van der Waals surface area contributed by atoms with Crippen LogP contribution in [0.2, 0.25) is 0 Å². The summed E-state index contributed by atoms with van der Waals surface area (Å²) < 4.78 is 8.53. The molecule has 0 aliphatic rings. The van der Waals surface area contributed by atoms with Crippen LogP contribution in [-0.2, 0) is 0 Å². The van der Waals surface area contributed by atoms with E-state index in [1.54, 1.807) is 7.11 Å². The van der Waals surface area contributed by atoms with Crippen molar-refractivity contribution in [2.45, 2.75) is 13.8 Å². The van der Waals surface area contributed by atoms with Gasteiger partial charge in [0.25, 0.3) is 5.56 Å². The molecule has 3 aromatic heterocycles. The molecule has 8 heteroatoms. The first-order chi connectivity index (χ1) is 15.5. The number of H-pyrrole nitrogens is 1. The normalized spacial score (nSPS) is 11.1. The molecule has 2 aromatic carbocycles. The molecule has 0 saturated heterocycles. The molecular formula is C24H21N5O2S. The molecule has 0 spiro atoms. The van der Waals surface area contributed by atoms with Crippen molar-refractivity contribution >= 4 is 11.3 Å². The molecule has 32 heavy (non-hydrogen) atoms. The van der Waals surface area contributed by atoms with E-state index in [0.717, 1.165) is 39.8 Å². The Bertz CT molecular complexity index is 1440. The first-order valence-corrected chi connectivity index (χ1v) is 11.0. The summed E-state index contributed by atoms with van der Waals surface area (Å²) in [6.45, 7) is 3.81. The van der Waals surface area contributed by atoms with Crippen molar-refractivity contribution < 1.29 is 4.74 Å². The first-order valence-electron chi connectivity index (χ1n) is 10.1. The van der Waals surface area contributed by atoms with Crippen LogP contribution in [-0.4, -0.2) is 31.7 Å². The van der Waals surface area contributed by atoms with Gasteiger partial charge in [-0.2, -0.15) is 9.78 Å². The van der Waals surface area contributed by atoms with Crippen LogP contribution in [0.1, 0.15) is 11.4 Å². The number of aromatic nitrogens is 5. The third-order valence-electron chi connectivity index (χ3n) is 5.23. The molecule has 3 heterocycles. The molecule has 0 bridgehead atoms. The fourth-order valence-electron chi connectivity index (χ4n) is 3.69. The Hall–Kier alpha value is -3.91. The van der Waals surface area contributed by atoms with Crippen LogP contribution in [0.4, 0.5) is 0 Å². The van der Waals surface area contributed by atoms with Crippen LogP contribution >= 0.6 is 11.3 Å². The van der Waals surface area contributed by atoms with Crippen LogP contribution in [0.5, 0.6) is 5.75 Å². The van der Waals surface area contributed by atoms with Gasteiger partial charge in [-0.1, -0.05) is 18.2 Å². The van der Waals surface area contributed by atoms with Crippen molar-refractivity contribution in [3.63, 3.8) is 0 Å². The summed E-state index contributed by atoms with van der Waals surface area (Å²) in [5, 5.41) is 10.3. The lowest BCUT2D eigenvalue weighted by molar-refractivity contribution is 0.415. The SMILES string of the molecule is COc1ccc(-c2csc(-n3[nH]c(C)c(-c4cc(C)nn4-c4ccccc4)c3=O)n2)cc1. The second-order valence-electron chi connectivity index (χ2n) is 7.41. The maximum Gasteiger partial charge on any atom is 0.283 e. The average molecular weight is 444 g/mol. The zero-order valence-electron chi connectivity index (χ0n) is 17.9. The zero-order chi connectivity index (χ0) is 22.2. The predicted octanol–water partition coefficient (Wildman–Crippen LogP) is 4.77. The second kappa shape index (κ2) is 7.97. The van der Waals surface area contributed by atoms with Crippen LogP contribution < -0.4 is 10.3 Å². The number of hydrogen-bond donors (Lipinski definition) is 1. The molecule has 0 aliphatic carbocycles. The molecule has 0 amide bonds. The summed E-state index contributed by atoms with van der Waals surface area (Å²) in [6.07, 6.45) is 0. The first kappa shape index (κ1) is 20.0. The number of ether oxygens (including phenoxy) is 1. The molecule has 0 radical (unpaired) electrons. The van der Waals surface area contributed by atoms with Gasteiger partial charge in [-0.25, -0.2) is 9.67 Å². The number of methoxy groups -OCH3 is 1. The van der Waals surface area contributed by atoms with Gasteiger partial charge in [0.1, 0.15) is 5.75 Å². The topological polar surface area (TPSA) is 77.7 Å². The second-order valence-corrected chi connectivity index (χ2v) is 8.25. The lowest BCUT2D eigenvalue weighted by Gasteiger charge is -2.05. The van der Waals surface area contributed by atoms with Gasteiger partial charge < -0.3 is 4.74 Å². The maximum atomic E-state index is 13.5. The minimum Gasteiger partial charge on any atom is -0.497 e. The van der Waals surface area contributed by atoms with Gasteiger partial charge in [-0.3, -0.25) is 9.89 Å². The number of benzene rings is 2. The maximum absolute atomic E-state index is 13.5. The Morgan fingerprint density at radius 3 is 2.50 bits per heavy atom. The number of nitrogens with one attached hydrogen (secondary N) is 1. The highest BCUT2D eigenvalue weighted by molar-refractivity contribution is 7.12. The molecule has 0 saturated carbocycles. The van der Waals surface area contributed by atoms with Gasteiger partial charge in [0, 0.05) is 16.6 Å². The number of thiazole rings is 1. The molecule has 7 nitrogen and oxygen atoms in total. The molecule has 0 aliphatic heterocycles. The average Bonchev–Trinajstić information content (AvgIpc) is 3.52. The van der Waals surface area contributed by atoms with Gasteiger partial charge >= 0.3 is 0 Å². The molecule has 0 atom stereocenters. The van der Waals surface area contributed by atoms with E-state index < -0.39 is 0 Å². The number of aryl methyl sites for hydroxylation is 2. The number of para-hydroxylation sites is 1. The Morgan fingerprint density at radius 1 is 1.03 bits per heavy atom. The van der Waals surface area contributed by atoms with E-state index in [1.807, 2.05) is 84.6 Å². The van der Waals surface area contributed by atoms with E-state index in [-0.39, 0.29) is 5.56 Å². The number of nitrogens with zero attached hydrogens (tertiary/aromatic N) is 4. The van der Waals surface area contributed by atoms with Crippen molar-refractivity contribution in [1.29, 1.82) is 0 Å². The Labute approximate surface area is 188 Å². The Morgan fingerprint density at radius 2 is 1.78 bits per heavy atom. The minimum atomic E-state index is -0.157. The van der Waals surface area contributed by atoms with Gasteiger partial charge in [0.05, 0.1) is 35.4 Å². The Kier molecular flexibility index (Phi) is 4.99. The van der Waals surface area contributed by atoms with E-state index in [0.29, 0.717) is 10.7 Å². The lowest BCUT2D eigenvalue weighted by Crippen LogP contribution is -2.16. The highest BCUT2D eigenvalue weighted by Gasteiger charge is 2.21. The van der Waals surface area contributed by atoms with Gasteiger partial charge in [-0.05, 0) is 56.3 Å². The van der Waals surface area contributed by atoms with Crippen LogP contribution in [0.25, 0.3) is 33.3 Å². The van der Waals surface area contributed by atoms with E-state index >= 15 is 0 Å². The summed E-state index contributed by atoms with van der Waals surface area (Å²) in [5.41, 5.74) is 5.43. The third kappa shape index (κ3) is 3.44. The van der Waals surface area contributed by atoms with E-state index in [9.17, 15) is 4.79 Å². The summed E-state index contributed by atoms with van der Waals surface area (Å²) in [7, 11) is 1.64. The molecule has 0 fully saturated rings. The highest BCUT2D eigenvalue weighted by atomic mass is 32.1. The zero-order valence-corrected chi connectivity index (χ0v) is 18.7. The lowest BCUT2D eigenvalue weighted by atomic mass is 10.1. The van der Waals surface area contributed by atoms with Crippen LogP contribution in [0.3, 0.4) is 0 Å². The standard InChI is InChI=1S/C24H21N5O2S/c1-15-13-21(28(26-15)18-7-5-4-6-8-18)22-16(2)27-29(23(22)30)24-25-20(14-32-24)17-9-11-19(31-3)12-10-17/h4-14,27H,1-3H3. The van der Waals surface area contributed by atoms with Crippen LogP contribution in [0.15, 0.2) is 70.8 Å². The molecule has 160 valence electrons. The quantitative estimate of drug-likeness (QED) is 0.425. The van der Waals surface area contributed by atoms with Crippen molar-refractivity contribution in [1.82, 2.24) is 24.5 Å². The van der Waals surface area contributed by atoms with E-state index in [2.05, 4.69) is 15.2 Å². The summed E-state index contributed by atoms with van der Waals surface area (Å²) >= 11 is 1.41. The summed E-state index contributed by atoms with van der Waals surface area (Å²) in [5.74, 6) is 0.787. The number of rotatable bonds is 5. The van der Waals surface area contributed by atoms with Crippen molar-refractivity contribution in [3.8, 4) is 39.1 Å². The molecule has 5 aromatic rings. The number of hydrogen-bond acceptors (Lipinski definition) is 5.